The van der Waals surface area contributed by atoms with Crippen LogP contribution in [-0.2, 0) is 6.18 Å². The summed E-state index contributed by atoms with van der Waals surface area (Å²) in [7, 11) is 0. The number of hydrogen-bond donors (Lipinski definition) is 1. The Morgan fingerprint density at radius 2 is 1.96 bits per heavy atom. The molecule has 0 atom stereocenters. The monoisotopic (exact) mass is 376 g/mol. The zero-order valence-electron chi connectivity index (χ0n) is 14.6. The van der Waals surface area contributed by atoms with Crippen LogP contribution in [0.4, 0.5) is 19.0 Å². The van der Waals surface area contributed by atoms with Gasteiger partial charge >= 0.3 is 6.18 Å². The van der Waals surface area contributed by atoms with Gasteiger partial charge in [-0.05, 0) is 38.4 Å². The minimum Gasteiger partial charge on any atom is -0.355 e. The quantitative estimate of drug-likeness (QED) is 0.892. The molecule has 9 heteroatoms. The lowest BCUT2D eigenvalue weighted by Crippen LogP contribution is -2.38. The topological polar surface area (TPSA) is 69.8 Å². The predicted octanol–water partition coefficient (Wildman–Crippen LogP) is 2.97. The Kier molecular flexibility index (Phi) is 4.52. The van der Waals surface area contributed by atoms with E-state index >= 15 is 0 Å². The Morgan fingerprint density at radius 1 is 1.22 bits per heavy atom. The first-order valence-corrected chi connectivity index (χ1v) is 9.00. The molecule has 0 bridgehead atoms. The maximum Gasteiger partial charge on any atom is 0.417 e. The van der Waals surface area contributed by atoms with Crippen molar-refractivity contribution in [3.63, 3.8) is 0 Å². The molecule has 0 spiro atoms. The summed E-state index contributed by atoms with van der Waals surface area (Å²) in [5, 5.41) is 17.0. The van der Waals surface area contributed by atoms with Gasteiger partial charge in [0.05, 0.1) is 23.5 Å². The SMILES string of the molecule is N#Cc1c(C(F)(F)F)cc(-c2cnn(C3CCNCC3)c2)nc1N1CCC1. The molecular formula is C18H19F3N6. The highest BCUT2D eigenvalue weighted by Crippen LogP contribution is 2.38. The minimum atomic E-state index is -4.62. The zero-order chi connectivity index (χ0) is 19.0. The normalized spacial score (nSPS) is 18.2. The number of aromatic nitrogens is 3. The van der Waals surface area contributed by atoms with Crippen LogP contribution in [0.3, 0.4) is 0 Å². The maximum atomic E-state index is 13.6. The van der Waals surface area contributed by atoms with E-state index in [9.17, 15) is 18.4 Å². The molecule has 2 aromatic heterocycles. The van der Waals surface area contributed by atoms with Gasteiger partial charge in [-0.1, -0.05) is 0 Å². The first-order chi connectivity index (χ1) is 13.0. The molecule has 2 aliphatic rings. The lowest BCUT2D eigenvalue weighted by Gasteiger charge is -2.33. The minimum absolute atomic E-state index is 0.114. The van der Waals surface area contributed by atoms with Crippen molar-refractivity contribution < 1.29 is 13.2 Å². The number of hydrogen-bond acceptors (Lipinski definition) is 5. The molecule has 0 saturated carbocycles. The molecule has 0 unspecified atom stereocenters. The van der Waals surface area contributed by atoms with Gasteiger partial charge in [-0.2, -0.15) is 23.5 Å². The molecule has 27 heavy (non-hydrogen) atoms. The van der Waals surface area contributed by atoms with Crippen molar-refractivity contribution in [2.75, 3.05) is 31.1 Å². The molecule has 0 aromatic carbocycles. The van der Waals surface area contributed by atoms with Gasteiger partial charge in [0.1, 0.15) is 17.5 Å². The van der Waals surface area contributed by atoms with Gasteiger partial charge in [0, 0.05) is 24.8 Å². The average molecular weight is 376 g/mol. The zero-order valence-corrected chi connectivity index (χ0v) is 14.6. The smallest absolute Gasteiger partial charge is 0.355 e. The molecule has 4 rings (SSSR count). The second-order valence-electron chi connectivity index (χ2n) is 6.89. The van der Waals surface area contributed by atoms with Gasteiger partial charge in [0.2, 0.25) is 0 Å². The number of pyridine rings is 1. The van der Waals surface area contributed by atoms with Crippen LogP contribution >= 0.6 is 0 Å². The van der Waals surface area contributed by atoms with Crippen molar-refractivity contribution in [2.45, 2.75) is 31.5 Å². The largest absolute Gasteiger partial charge is 0.417 e. The summed E-state index contributed by atoms with van der Waals surface area (Å²) >= 11 is 0. The van der Waals surface area contributed by atoms with E-state index in [1.165, 1.54) is 0 Å². The fraction of sp³-hybridized carbons (Fsp3) is 0.500. The van der Waals surface area contributed by atoms with Crippen molar-refractivity contribution in [2.24, 2.45) is 0 Å². The van der Waals surface area contributed by atoms with Crippen molar-refractivity contribution in [3.8, 4) is 17.3 Å². The van der Waals surface area contributed by atoms with E-state index in [1.54, 1.807) is 23.4 Å². The first kappa shape index (κ1) is 17.8. The Balaban J connectivity index is 1.76. The van der Waals surface area contributed by atoms with Gasteiger partial charge in [0.25, 0.3) is 0 Å². The number of alkyl halides is 3. The fourth-order valence-corrected chi connectivity index (χ4v) is 3.51. The van der Waals surface area contributed by atoms with Crippen LogP contribution in [0, 0.1) is 11.3 Å². The molecule has 0 amide bonds. The van der Waals surface area contributed by atoms with Crippen molar-refractivity contribution >= 4 is 5.82 Å². The molecule has 0 aliphatic carbocycles. The molecule has 1 N–H and O–H groups in total. The third kappa shape index (κ3) is 3.37. The molecule has 4 heterocycles. The molecular weight excluding hydrogens is 357 g/mol. The second-order valence-corrected chi connectivity index (χ2v) is 6.89. The summed E-state index contributed by atoms with van der Waals surface area (Å²) in [6, 6.07) is 2.90. The van der Waals surface area contributed by atoms with Crippen molar-refractivity contribution in [1.29, 1.82) is 5.26 Å². The molecule has 2 aliphatic heterocycles. The van der Waals surface area contributed by atoms with Crippen molar-refractivity contribution in [1.82, 2.24) is 20.1 Å². The summed E-state index contributed by atoms with van der Waals surface area (Å²) in [6.07, 6.45) is 1.42. The predicted molar refractivity (Wildman–Crippen MR) is 93.1 cm³/mol. The Labute approximate surface area is 154 Å². The number of nitriles is 1. The van der Waals surface area contributed by atoms with Crippen LogP contribution in [0.2, 0.25) is 0 Å². The molecule has 2 aromatic rings. The molecule has 2 fully saturated rings. The lowest BCUT2D eigenvalue weighted by molar-refractivity contribution is -0.137. The van der Waals surface area contributed by atoms with E-state index in [-0.39, 0.29) is 17.6 Å². The van der Waals surface area contributed by atoms with Gasteiger partial charge in [-0.3, -0.25) is 4.68 Å². The summed E-state index contributed by atoms with van der Waals surface area (Å²) in [4.78, 5) is 6.12. The molecule has 142 valence electrons. The number of nitrogens with one attached hydrogen (secondary N) is 1. The number of piperidine rings is 1. The third-order valence-electron chi connectivity index (χ3n) is 5.15. The third-order valence-corrected chi connectivity index (χ3v) is 5.15. The summed E-state index contributed by atoms with van der Waals surface area (Å²) < 4.78 is 42.5. The highest BCUT2D eigenvalue weighted by Gasteiger charge is 2.37. The van der Waals surface area contributed by atoms with E-state index in [1.807, 2.05) is 4.68 Å². The highest BCUT2D eigenvalue weighted by atomic mass is 19.4. The van der Waals surface area contributed by atoms with E-state index in [0.29, 0.717) is 18.7 Å². The molecule has 2 saturated heterocycles. The van der Waals surface area contributed by atoms with E-state index in [2.05, 4.69) is 15.4 Å². The number of anilines is 1. The number of rotatable bonds is 3. The van der Waals surface area contributed by atoms with Crippen LogP contribution in [0.15, 0.2) is 18.5 Å². The van der Waals surface area contributed by atoms with Crippen LogP contribution < -0.4 is 10.2 Å². The van der Waals surface area contributed by atoms with Gasteiger partial charge in [0.15, 0.2) is 0 Å². The van der Waals surface area contributed by atoms with E-state index in [4.69, 9.17) is 0 Å². The fourth-order valence-electron chi connectivity index (χ4n) is 3.51. The lowest BCUT2D eigenvalue weighted by atomic mass is 10.0. The number of nitrogens with zero attached hydrogens (tertiary/aromatic N) is 5. The highest BCUT2D eigenvalue weighted by molar-refractivity contribution is 5.68. The van der Waals surface area contributed by atoms with E-state index in [0.717, 1.165) is 38.4 Å². The van der Waals surface area contributed by atoms with Gasteiger partial charge < -0.3 is 10.2 Å². The Morgan fingerprint density at radius 3 is 2.56 bits per heavy atom. The van der Waals surface area contributed by atoms with Crippen molar-refractivity contribution in [3.05, 3.63) is 29.6 Å². The average Bonchev–Trinajstić information content (AvgIpc) is 3.10. The summed E-state index contributed by atoms with van der Waals surface area (Å²) in [6.45, 7) is 3.01. The Bertz CT molecular complexity index is 872. The van der Waals surface area contributed by atoms with Crippen LogP contribution in [0.5, 0.6) is 0 Å². The van der Waals surface area contributed by atoms with Crippen LogP contribution in [0.1, 0.15) is 36.4 Å². The van der Waals surface area contributed by atoms with Gasteiger partial charge in [-0.25, -0.2) is 4.98 Å². The van der Waals surface area contributed by atoms with E-state index < -0.39 is 17.3 Å². The van der Waals surface area contributed by atoms with Crippen LogP contribution in [0.25, 0.3) is 11.3 Å². The number of halogens is 3. The standard InChI is InChI=1S/C18H19F3N6/c19-18(20,21)15-8-16(25-17(14(15)9-22)26-6-1-7-26)12-10-24-27(11-12)13-2-4-23-5-3-13/h8,10-11,13,23H,1-7H2. The van der Waals surface area contributed by atoms with Gasteiger partial charge in [-0.15, -0.1) is 0 Å². The first-order valence-electron chi connectivity index (χ1n) is 9.00. The maximum absolute atomic E-state index is 13.6. The molecule has 0 radical (unpaired) electrons. The van der Waals surface area contributed by atoms with Crippen LogP contribution in [-0.4, -0.2) is 40.9 Å². The summed E-state index contributed by atoms with van der Waals surface area (Å²) in [5.41, 5.74) is -0.614. The Hall–Kier alpha value is -2.60. The second kappa shape index (κ2) is 6.85. The summed E-state index contributed by atoms with van der Waals surface area (Å²) in [5.74, 6) is 0.114. The molecule has 6 nitrogen and oxygen atoms in total.